The van der Waals surface area contributed by atoms with Crippen LogP contribution < -0.4 is 5.32 Å². The van der Waals surface area contributed by atoms with Crippen LogP contribution in [-0.4, -0.2) is 5.11 Å². The molecule has 2 aromatic carbocycles. The van der Waals surface area contributed by atoms with E-state index in [-0.39, 0.29) is 6.04 Å². The van der Waals surface area contributed by atoms with Gasteiger partial charge >= 0.3 is 0 Å². The van der Waals surface area contributed by atoms with Gasteiger partial charge in [0.2, 0.25) is 0 Å². The Kier molecular flexibility index (Phi) is 4.56. The van der Waals surface area contributed by atoms with Crippen LogP contribution in [0.15, 0.2) is 36.4 Å². The second-order valence-electron chi connectivity index (χ2n) is 5.11. The molecule has 1 unspecified atom stereocenters. The molecular weight excluding hydrogens is 270 g/mol. The summed E-state index contributed by atoms with van der Waals surface area (Å²) in [5.74, 6) is 0.337. The molecule has 0 radical (unpaired) electrons. The Morgan fingerprint density at radius 1 is 1.15 bits per heavy atom. The normalized spacial score (nSPS) is 12.2. The molecule has 0 aliphatic heterocycles. The number of nitrogens with one attached hydrogen (secondary N) is 1. The zero-order valence-electron chi connectivity index (χ0n) is 12.1. The molecule has 0 aliphatic carbocycles. The maximum Gasteiger partial charge on any atom is 0.118 e. The van der Waals surface area contributed by atoms with E-state index in [4.69, 9.17) is 11.6 Å². The lowest BCUT2D eigenvalue weighted by molar-refractivity contribution is 0.470. The molecule has 2 aromatic rings. The highest BCUT2D eigenvalue weighted by Crippen LogP contribution is 2.30. The first kappa shape index (κ1) is 14.7. The number of anilines is 1. The van der Waals surface area contributed by atoms with Gasteiger partial charge in [0.15, 0.2) is 0 Å². The van der Waals surface area contributed by atoms with Gasteiger partial charge in [-0.3, -0.25) is 0 Å². The second kappa shape index (κ2) is 6.19. The standard InChI is InChI=1S/C17H20ClNO/c1-4-15(13-6-5-7-14(18)10-13)19-16-8-12(3)17(20)9-11(16)2/h5-10,15,19-20H,4H2,1-3H3. The van der Waals surface area contributed by atoms with Crippen LogP contribution in [0.3, 0.4) is 0 Å². The summed E-state index contributed by atoms with van der Waals surface area (Å²) in [6.45, 7) is 6.04. The molecule has 0 bridgehead atoms. The first-order valence-corrected chi connectivity index (χ1v) is 7.21. The zero-order valence-corrected chi connectivity index (χ0v) is 12.8. The zero-order chi connectivity index (χ0) is 14.7. The van der Waals surface area contributed by atoms with Gasteiger partial charge in [-0.15, -0.1) is 0 Å². The molecule has 0 aromatic heterocycles. The molecule has 20 heavy (non-hydrogen) atoms. The number of hydrogen-bond acceptors (Lipinski definition) is 2. The highest BCUT2D eigenvalue weighted by Gasteiger charge is 2.12. The number of halogens is 1. The summed E-state index contributed by atoms with van der Waals surface area (Å²) in [6, 6.07) is 11.9. The maximum atomic E-state index is 9.72. The Bertz CT molecular complexity index is 610. The van der Waals surface area contributed by atoms with Gasteiger partial charge in [-0.25, -0.2) is 0 Å². The van der Waals surface area contributed by atoms with Gasteiger partial charge in [-0.2, -0.15) is 0 Å². The van der Waals surface area contributed by atoms with Crippen LogP contribution in [0.25, 0.3) is 0 Å². The number of benzene rings is 2. The molecule has 0 heterocycles. The average molecular weight is 290 g/mol. The smallest absolute Gasteiger partial charge is 0.118 e. The van der Waals surface area contributed by atoms with Crippen molar-refractivity contribution in [2.45, 2.75) is 33.2 Å². The number of aryl methyl sites for hydroxylation is 2. The van der Waals surface area contributed by atoms with Crippen molar-refractivity contribution in [3.05, 3.63) is 58.1 Å². The summed E-state index contributed by atoms with van der Waals surface area (Å²) in [5, 5.41) is 14.0. The van der Waals surface area contributed by atoms with E-state index in [2.05, 4.69) is 18.3 Å². The molecule has 2 nitrogen and oxygen atoms in total. The van der Waals surface area contributed by atoms with E-state index in [1.165, 1.54) is 5.56 Å². The van der Waals surface area contributed by atoms with Gasteiger partial charge in [-0.1, -0.05) is 30.7 Å². The van der Waals surface area contributed by atoms with Crippen LogP contribution in [0.2, 0.25) is 5.02 Å². The molecule has 0 aliphatic rings. The Labute approximate surface area is 125 Å². The van der Waals surface area contributed by atoms with Gasteiger partial charge in [-0.05, 0) is 61.2 Å². The van der Waals surface area contributed by atoms with E-state index < -0.39 is 0 Å². The van der Waals surface area contributed by atoms with Crippen molar-refractivity contribution in [1.82, 2.24) is 0 Å². The van der Waals surface area contributed by atoms with E-state index in [0.717, 1.165) is 28.3 Å². The summed E-state index contributed by atoms with van der Waals surface area (Å²) in [6.07, 6.45) is 0.958. The third kappa shape index (κ3) is 3.26. The molecular formula is C17H20ClNO. The molecule has 0 saturated carbocycles. The van der Waals surface area contributed by atoms with Crippen molar-refractivity contribution in [3.63, 3.8) is 0 Å². The lowest BCUT2D eigenvalue weighted by Crippen LogP contribution is -2.10. The van der Waals surface area contributed by atoms with Crippen LogP contribution in [0.5, 0.6) is 5.75 Å². The van der Waals surface area contributed by atoms with Crippen molar-refractivity contribution < 1.29 is 5.11 Å². The lowest BCUT2D eigenvalue weighted by atomic mass is 10.0. The Morgan fingerprint density at radius 2 is 1.90 bits per heavy atom. The Balaban J connectivity index is 2.29. The largest absolute Gasteiger partial charge is 0.508 e. The highest BCUT2D eigenvalue weighted by molar-refractivity contribution is 6.30. The van der Waals surface area contributed by atoms with Crippen LogP contribution in [0.1, 0.15) is 36.1 Å². The SMILES string of the molecule is CCC(Nc1cc(C)c(O)cc1C)c1cccc(Cl)c1. The molecule has 0 fully saturated rings. The van der Waals surface area contributed by atoms with Gasteiger partial charge in [0.1, 0.15) is 5.75 Å². The maximum absolute atomic E-state index is 9.72. The molecule has 3 heteroatoms. The second-order valence-corrected chi connectivity index (χ2v) is 5.55. The number of phenolic OH excluding ortho intramolecular Hbond substituents is 1. The van der Waals surface area contributed by atoms with Gasteiger partial charge in [0.05, 0.1) is 6.04 Å². The van der Waals surface area contributed by atoms with Gasteiger partial charge in [0, 0.05) is 10.7 Å². The fraction of sp³-hybridized carbons (Fsp3) is 0.294. The number of hydrogen-bond donors (Lipinski definition) is 2. The van der Waals surface area contributed by atoms with E-state index in [1.807, 2.05) is 38.1 Å². The summed E-state index contributed by atoms with van der Waals surface area (Å²) >= 11 is 6.07. The minimum atomic E-state index is 0.205. The summed E-state index contributed by atoms with van der Waals surface area (Å²) in [7, 11) is 0. The van der Waals surface area contributed by atoms with Crippen LogP contribution >= 0.6 is 11.6 Å². The highest BCUT2D eigenvalue weighted by atomic mass is 35.5. The van der Waals surface area contributed by atoms with E-state index in [9.17, 15) is 5.11 Å². The Hall–Kier alpha value is -1.67. The monoisotopic (exact) mass is 289 g/mol. The van der Waals surface area contributed by atoms with Crippen molar-refractivity contribution in [3.8, 4) is 5.75 Å². The topological polar surface area (TPSA) is 32.3 Å². The third-order valence-corrected chi connectivity index (χ3v) is 3.77. The van der Waals surface area contributed by atoms with E-state index in [0.29, 0.717) is 5.75 Å². The van der Waals surface area contributed by atoms with Crippen LogP contribution in [-0.2, 0) is 0 Å². The summed E-state index contributed by atoms with van der Waals surface area (Å²) in [4.78, 5) is 0. The van der Waals surface area contributed by atoms with Crippen molar-refractivity contribution >= 4 is 17.3 Å². The first-order chi connectivity index (χ1) is 9.51. The summed E-state index contributed by atoms with van der Waals surface area (Å²) < 4.78 is 0. The number of aromatic hydroxyl groups is 1. The van der Waals surface area contributed by atoms with Gasteiger partial charge in [0.25, 0.3) is 0 Å². The molecule has 1 atom stereocenters. The molecule has 0 saturated heterocycles. The van der Waals surface area contributed by atoms with Crippen molar-refractivity contribution in [2.75, 3.05) is 5.32 Å². The predicted molar refractivity (Wildman–Crippen MR) is 85.7 cm³/mol. The minimum absolute atomic E-state index is 0.205. The third-order valence-electron chi connectivity index (χ3n) is 3.53. The van der Waals surface area contributed by atoms with Crippen molar-refractivity contribution in [2.24, 2.45) is 0 Å². The van der Waals surface area contributed by atoms with E-state index >= 15 is 0 Å². The molecule has 106 valence electrons. The Morgan fingerprint density at radius 3 is 2.55 bits per heavy atom. The van der Waals surface area contributed by atoms with Crippen LogP contribution in [0, 0.1) is 13.8 Å². The van der Waals surface area contributed by atoms with Gasteiger partial charge < -0.3 is 10.4 Å². The molecule has 2 N–H and O–H groups in total. The quantitative estimate of drug-likeness (QED) is 0.756. The van der Waals surface area contributed by atoms with Crippen LogP contribution in [0.4, 0.5) is 5.69 Å². The first-order valence-electron chi connectivity index (χ1n) is 6.83. The fourth-order valence-corrected chi connectivity index (χ4v) is 2.49. The molecule has 0 spiro atoms. The molecule has 2 rings (SSSR count). The lowest BCUT2D eigenvalue weighted by Gasteiger charge is -2.21. The molecule has 0 amide bonds. The van der Waals surface area contributed by atoms with Crippen molar-refractivity contribution in [1.29, 1.82) is 0 Å². The predicted octanol–water partition coefficient (Wildman–Crippen LogP) is 5.23. The minimum Gasteiger partial charge on any atom is -0.508 e. The number of rotatable bonds is 4. The number of phenols is 1. The fourth-order valence-electron chi connectivity index (χ4n) is 2.29. The summed E-state index contributed by atoms with van der Waals surface area (Å²) in [5.41, 5.74) is 4.13. The van der Waals surface area contributed by atoms with E-state index in [1.54, 1.807) is 6.07 Å². The average Bonchev–Trinajstić information content (AvgIpc) is 2.41.